The van der Waals surface area contributed by atoms with Crippen LogP contribution in [0.15, 0.2) is 30.3 Å². The number of carbonyl (C=O) groups is 2. The summed E-state index contributed by atoms with van der Waals surface area (Å²) in [5.41, 5.74) is -4.46. The van der Waals surface area contributed by atoms with Gasteiger partial charge in [0.05, 0.1) is 29.2 Å². The average Bonchev–Trinajstić information content (AvgIpc) is 3.13. The minimum absolute atomic E-state index is 0.138. The number of hydroxylamine groups is 2. The summed E-state index contributed by atoms with van der Waals surface area (Å²) in [7, 11) is 0. The SMILES string of the molecule is CCCCOC(=O)C(CC(C)(C)C(C)c1ccccc1)C(C)(C)C(C)(CS)CC(C(C)(C)ON1C(C)(CC)CC(=O)C(C)C1(C)CC)C(C)(C)C(F)(F)CC. The topological polar surface area (TPSA) is 55.8 Å². The second kappa shape index (κ2) is 18.2. The fourth-order valence-electron chi connectivity index (χ4n) is 9.40. The van der Waals surface area contributed by atoms with Crippen molar-refractivity contribution in [1.29, 1.82) is 0 Å². The first-order valence-electron chi connectivity index (χ1n) is 21.3. The number of Topliss-reactive ketones (excluding diaryl/α,β-unsaturated/α-hetero) is 1. The molecule has 1 aromatic rings. The van der Waals surface area contributed by atoms with E-state index in [9.17, 15) is 9.59 Å². The van der Waals surface area contributed by atoms with E-state index in [0.717, 1.165) is 12.8 Å². The number of rotatable bonds is 21. The predicted octanol–water partition coefficient (Wildman–Crippen LogP) is 13.2. The van der Waals surface area contributed by atoms with Gasteiger partial charge in [0.2, 0.25) is 0 Å². The van der Waals surface area contributed by atoms with Gasteiger partial charge in [-0.25, -0.2) is 8.78 Å². The zero-order valence-corrected chi connectivity index (χ0v) is 38.9. The molecule has 0 spiro atoms. The van der Waals surface area contributed by atoms with Gasteiger partial charge in [0.1, 0.15) is 5.78 Å². The van der Waals surface area contributed by atoms with Crippen LogP contribution in [0.25, 0.3) is 0 Å². The summed E-state index contributed by atoms with van der Waals surface area (Å²) in [6.45, 7) is 34.5. The Bertz CT molecular complexity index is 1410. The summed E-state index contributed by atoms with van der Waals surface area (Å²) in [5, 5.41) is 2.03. The van der Waals surface area contributed by atoms with Crippen molar-refractivity contribution in [3.8, 4) is 0 Å². The van der Waals surface area contributed by atoms with E-state index in [1.165, 1.54) is 5.56 Å². The lowest BCUT2D eigenvalue weighted by molar-refractivity contribution is -0.360. The van der Waals surface area contributed by atoms with E-state index in [1.807, 2.05) is 44.0 Å². The van der Waals surface area contributed by atoms with Crippen LogP contribution in [0.5, 0.6) is 0 Å². The van der Waals surface area contributed by atoms with Crippen LogP contribution in [0, 0.1) is 39.4 Å². The Morgan fingerprint density at radius 3 is 1.96 bits per heavy atom. The number of piperidine rings is 1. The van der Waals surface area contributed by atoms with Crippen molar-refractivity contribution >= 4 is 24.4 Å². The molecule has 2 rings (SSSR count). The highest BCUT2D eigenvalue weighted by atomic mass is 32.1. The molecule has 0 radical (unpaired) electrons. The molecule has 1 aliphatic rings. The molecule has 0 bridgehead atoms. The average molecular weight is 794 g/mol. The van der Waals surface area contributed by atoms with Crippen LogP contribution in [0.4, 0.5) is 8.78 Å². The van der Waals surface area contributed by atoms with Crippen LogP contribution < -0.4 is 0 Å². The second-order valence-corrected chi connectivity index (χ2v) is 20.6. The van der Waals surface area contributed by atoms with Gasteiger partial charge in [0.25, 0.3) is 5.92 Å². The van der Waals surface area contributed by atoms with Gasteiger partial charge >= 0.3 is 5.97 Å². The molecule has 0 amide bonds. The lowest BCUT2D eigenvalue weighted by Gasteiger charge is -2.60. The molecule has 7 unspecified atom stereocenters. The van der Waals surface area contributed by atoms with Crippen molar-refractivity contribution in [2.75, 3.05) is 12.4 Å². The first-order chi connectivity index (χ1) is 25.1. The number of ketones is 1. The molecule has 7 atom stereocenters. The van der Waals surface area contributed by atoms with E-state index in [0.29, 0.717) is 44.5 Å². The van der Waals surface area contributed by atoms with E-state index in [2.05, 4.69) is 88.3 Å². The number of thiol groups is 1. The van der Waals surface area contributed by atoms with Gasteiger partial charge in [-0.1, -0.05) is 127 Å². The van der Waals surface area contributed by atoms with E-state index >= 15 is 8.78 Å². The van der Waals surface area contributed by atoms with Gasteiger partial charge < -0.3 is 4.74 Å². The Hall–Kier alpha value is -1.51. The third-order valence-corrected chi connectivity index (χ3v) is 16.2. The molecular weight excluding hydrogens is 713 g/mol. The van der Waals surface area contributed by atoms with E-state index in [1.54, 1.807) is 20.8 Å². The van der Waals surface area contributed by atoms with Gasteiger partial charge in [-0.05, 0) is 93.3 Å². The number of benzene rings is 1. The monoisotopic (exact) mass is 794 g/mol. The number of hydrogen-bond donors (Lipinski definition) is 1. The first kappa shape index (κ1) is 49.6. The van der Waals surface area contributed by atoms with Gasteiger partial charge in [-0.15, -0.1) is 0 Å². The smallest absolute Gasteiger partial charge is 0.309 e. The summed E-state index contributed by atoms with van der Waals surface area (Å²) in [6, 6.07) is 10.4. The quantitative estimate of drug-likeness (QED) is 0.0763. The minimum atomic E-state index is -3.03. The fraction of sp³-hybridized carbons (Fsp3) is 0.830. The second-order valence-electron chi connectivity index (χ2n) is 20.3. The lowest BCUT2D eigenvalue weighted by Crippen LogP contribution is -2.69. The van der Waals surface area contributed by atoms with Crippen LogP contribution >= 0.6 is 12.6 Å². The zero-order valence-electron chi connectivity index (χ0n) is 38.1. The normalized spacial score (nSPS) is 24.9. The van der Waals surface area contributed by atoms with Crippen molar-refractivity contribution in [2.24, 2.45) is 39.4 Å². The molecule has 0 aliphatic carbocycles. The van der Waals surface area contributed by atoms with Gasteiger partial charge in [-0.2, -0.15) is 17.7 Å². The third kappa shape index (κ3) is 10.0. The number of hydrogen-bond acceptors (Lipinski definition) is 6. The number of alkyl halides is 2. The first-order valence-corrected chi connectivity index (χ1v) is 21.9. The van der Waals surface area contributed by atoms with Crippen molar-refractivity contribution in [1.82, 2.24) is 5.06 Å². The van der Waals surface area contributed by atoms with Crippen molar-refractivity contribution in [2.45, 2.75) is 198 Å². The van der Waals surface area contributed by atoms with Crippen LogP contribution in [0.2, 0.25) is 0 Å². The molecule has 1 fully saturated rings. The van der Waals surface area contributed by atoms with Gasteiger partial charge in [0, 0.05) is 30.1 Å². The Kier molecular flexibility index (Phi) is 16.4. The summed E-state index contributed by atoms with van der Waals surface area (Å²) >= 11 is 5.02. The largest absolute Gasteiger partial charge is 0.465 e. The molecule has 1 aliphatic heterocycles. The third-order valence-electron chi connectivity index (χ3n) is 15.5. The van der Waals surface area contributed by atoms with E-state index in [-0.39, 0.29) is 35.4 Å². The summed E-state index contributed by atoms with van der Waals surface area (Å²) in [6.07, 6.45) is 3.88. The van der Waals surface area contributed by atoms with Crippen molar-refractivity contribution in [3.63, 3.8) is 0 Å². The number of halogens is 2. The maximum absolute atomic E-state index is 16.5. The van der Waals surface area contributed by atoms with Crippen LogP contribution in [0.3, 0.4) is 0 Å². The minimum Gasteiger partial charge on any atom is -0.465 e. The fourth-order valence-corrected chi connectivity index (χ4v) is 9.94. The van der Waals surface area contributed by atoms with Crippen molar-refractivity contribution in [3.05, 3.63) is 35.9 Å². The summed E-state index contributed by atoms with van der Waals surface area (Å²) < 4.78 is 39.1. The molecule has 1 aromatic carbocycles. The van der Waals surface area contributed by atoms with Gasteiger partial charge in [-0.3, -0.25) is 14.4 Å². The molecular formula is C47H81F2NO4S. The Balaban J connectivity index is 2.83. The van der Waals surface area contributed by atoms with Crippen LogP contribution in [-0.4, -0.2) is 51.8 Å². The number of ether oxygens (including phenoxy) is 1. The highest BCUT2D eigenvalue weighted by Crippen LogP contribution is 2.60. The van der Waals surface area contributed by atoms with Crippen LogP contribution in [-0.2, 0) is 19.2 Å². The maximum Gasteiger partial charge on any atom is 0.309 e. The molecule has 5 nitrogen and oxygen atoms in total. The maximum atomic E-state index is 16.5. The number of unbranched alkanes of at least 4 members (excludes halogenated alkanes) is 1. The summed E-state index contributed by atoms with van der Waals surface area (Å²) in [4.78, 5) is 35.2. The molecule has 0 aromatic heterocycles. The van der Waals surface area contributed by atoms with Gasteiger partial charge in [0.15, 0.2) is 0 Å². The highest BCUT2D eigenvalue weighted by molar-refractivity contribution is 7.80. The highest BCUT2D eigenvalue weighted by Gasteiger charge is 2.62. The number of carbonyl (C=O) groups excluding carboxylic acids is 2. The van der Waals surface area contributed by atoms with E-state index < -0.39 is 50.7 Å². The molecule has 0 N–H and O–H groups in total. The molecule has 8 heteroatoms. The Morgan fingerprint density at radius 1 is 0.927 bits per heavy atom. The lowest BCUT2D eigenvalue weighted by atomic mass is 9.51. The predicted molar refractivity (Wildman–Crippen MR) is 229 cm³/mol. The Morgan fingerprint density at radius 2 is 1.49 bits per heavy atom. The molecule has 318 valence electrons. The Labute approximate surface area is 341 Å². The molecule has 1 heterocycles. The number of nitrogens with zero attached hydrogens (tertiary/aromatic N) is 1. The zero-order chi connectivity index (χ0) is 42.6. The standard InChI is InChI=1S/C47H81F2NO4S/c1-18-22-28-53-39(52)36(29-40(7,8)33(5)35-26-24-23-25-27-35)41(9,10)44(15,32-55)31-38(42(11,12)47(48,49)21-4)43(13,14)54-50-45(16,19-2)30-37(51)34(6)46(50,17)20-3/h23-27,33-34,36,38,55H,18-22,28-32H2,1-17H3. The summed E-state index contributed by atoms with van der Waals surface area (Å²) in [5.74, 6) is -4.10. The molecule has 55 heavy (non-hydrogen) atoms. The van der Waals surface area contributed by atoms with Crippen LogP contribution in [0.1, 0.15) is 181 Å². The number of esters is 1. The van der Waals surface area contributed by atoms with Crippen molar-refractivity contribution < 1.29 is 27.9 Å². The molecule has 1 saturated heterocycles. The van der Waals surface area contributed by atoms with E-state index in [4.69, 9.17) is 22.2 Å². The molecule has 0 saturated carbocycles.